The second-order valence-electron chi connectivity index (χ2n) is 28.1. The summed E-state index contributed by atoms with van der Waals surface area (Å²) in [5.41, 5.74) is 5.82. The van der Waals surface area contributed by atoms with Crippen molar-refractivity contribution < 1.29 is 72.9 Å². The van der Waals surface area contributed by atoms with Crippen LogP contribution in [0.15, 0.2) is 109 Å². The number of halogens is 2. The Morgan fingerprint density at radius 3 is 1.25 bits per heavy atom. The number of anilines is 2. The summed E-state index contributed by atoms with van der Waals surface area (Å²) in [7, 11) is -4.58. The van der Waals surface area contributed by atoms with E-state index in [1.54, 1.807) is 86.2 Å². The van der Waals surface area contributed by atoms with Crippen LogP contribution in [-0.4, -0.2) is 131 Å². The van der Waals surface area contributed by atoms with E-state index in [9.17, 15) is 45.1 Å². The Kier molecular flexibility index (Phi) is 23.0. The van der Waals surface area contributed by atoms with E-state index in [1.807, 2.05) is 6.07 Å². The predicted octanol–water partition coefficient (Wildman–Crippen LogP) is 15.3. The van der Waals surface area contributed by atoms with Crippen molar-refractivity contribution in [3.05, 3.63) is 177 Å². The number of methoxy groups -OCH3 is 4. The lowest BCUT2D eigenvalue weighted by molar-refractivity contribution is 0.0137. The molecule has 2 aromatic heterocycles. The van der Waals surface area contributed by atoms with E-state index >= 15 is 0 Å². The van der Waals surface area contributed by atoms with Crippen LogP contribution in [-0.2, 0) is 46.0 Å². The molecule has 1 unspecified atom stereocenters. The first-order chi connectivity index (χ1) is 47.9. The van der Waals surface area contributed by atoms with Crippen molar-refractivity contribution in [3.63, 3.8) is 0 Å². The molecular formula is C76H94F2N6O14S2Si2. The number of aliphatic hydroxyl groups is 1. The zero-order valence-corrected chi connectivity index (χ0v) is 65.4. The molecule has 26 heteroatoms. The molecule has 0 aliphatic carbocycles. The molecule has 20 nitrogen and oxygen atoms in total. The van der Waals surface area contributed by atoms with E-state index in [2.05, 4.69) is 83.1 Å². The molecule has 0 saturated carbocycles. The van der Waals surface area contributed by atoms with Gasteiger partial charge in [-0.3, -0.25) is 37.9 Å². The minimum absolute atomic E-state index is 0.0110. The lowest BCUT2D eigenvalue weighted by Gasteiger charge is -2.42. The topological polar surface area (TPSA) is 234 Å². The van der Waals surface area contributed by atoms with E-state index in [1.165, 1.54) is 64.6 Å². The van der Waals surface area contributed by atoms with E-state index in [0.717, 1.165) is 42.7 Å². The summed E-state index contributed by atoms with van der Waals surface area (Å²) in [6.07, 6.45) is 4.64. The average Bonchev–Trinajstić information content (AvgIpc) is 1.50. The molecule has 0 spiro atoms. The molecule has 1 N–H and O–H groups in total. The van der Waals surface area contributed by atoms with Gasteiger partial charge in [0.1, 0.15) is 57.2 Å². The third kappa shape index (κ3) is 14.7. The monoisotopic (exact) mass is 1470 g/mol. The van der Waals surface area contributed by atoms with Gasteiger partial charge in [0.2, 0.25) is 20.0 Å². The number of ether oxygens (including phenoxy) is 4. The summed E-state index contributed by atoms with van der Waals surface area (Å²) in [6, 6.07) is 26.1. The van der Waals surface area contributed by atoms with Crippen molar-refractivity contribution in [3.8, 4) is 34.5 Å². The number of aliphatic hydroxyl groups excluding tert-OH is 1. The van der Waals surface area contributed by atoms with Gasteiger partial charge in [0.15, 0.2) is 6.23 Å². The Morgan fingerprint density at radius 2 is 0.863 bits per heavy atom. The van der Waals surface area contributed by atoms with Crippen molar-refractivity contribution in [2.45, 2.75) is 148 Å². The number of carbonyl (C=O) groups excluding carboxylic acids is 3. The quantitative estimate of drug-likeness (QED) is 0.0392. The number of imide groups is 1. The van der Waals surface area contributed by atoms with Crippen LogP contribution in [0.4, 0.5) is 20.2 Å². The largest absolute Gasteiger partial charge is 0.541 e. The first kappa shape index (κ1) is 77.5. The van der Waals surface area contributed by atoms with Crippen LogP contribution in [0.2, 0.25) is 33.2 Å². The number of benzene rings is 6. The normalized spacial score (nSPS) is 14.2. The molecule has 0 bridgehead atoms. The Morgan fingerprint density at radius 1 is 0.490 bits per heavy atom. The number of hydrogen-bond acceptors (Lipinski definition) is 16. The third-order valence-corrected chi connectivity index (χ3v) is 34.4. The SMILES string of the molecule is COc1ccc(CN2C(=O)c3c(c(N(C)S(C)(=O)=O)c4cc(Cc5ccc(F)cc5)cnc4c3O[Si](C(C)C)(C(C)C)C(C)C)C2O)c(OC)c1.COc1ccc(CN2C(=O)c3c(c(O[Si](C(C)C)(C(C)C)C(C)C)c4ncc(Cc5ccc(F)cc5)cc4c3N(C)S(C)(=O)=O)C2=O)c(OC)c1. The van der Waals surface area contributed by atoms with Crippen LogP contribution in [0.3, 0.4) is 0 Å². The van der Waals surface area contributed by atoms with Gasteiger partial charge in [-0.25, -0.2) is 25.6 Å². The first-order valence-corrected chi connectivity index (χ1v) is 41.9. The van der Waals surface area contributed by atoms with Crippen LogP contribution in [0.25, 0.3) is 21.8 Å². The van der Waals surface area contributed by atoms with Gasteiger partial charge in [0, 0.05) is 66.1 Å². The summed E-state index contributed by atoms with van der Waals surface area (Å²) in [6.45, 7) is 25.3. The maximum Gasteiger partial charge on any atom is 0.265 e. The fourth-order valence-corrected chi connectivity index (χ4v) is 26.7. The molecule has 0 fully saturated rings. The van der Waals surface area contributed by atoms with Crippen LogP contribution in [0.1, 0.15) is 159 Å². The lowest BCUT2D eigenvalue weighted by atomic mass is 9.98. The van der Waals surface area contributed by atoms with Crippen LogP contribution >= 0.6 is 0 Å². The average molecular weight is 1470 g/mol. The van der Waals surface area contributed by atoms with Crippen molar-refractivity contribution >= 4 is 87.6 Å². The Labute approximate surface area is 600 Å². The number of hydrogen-bond donors (Lipinski definition) is 1. The van der Waals surface area contributed by atoms with Gasteiger partial charge in [-0.05, 0) is 129 Å². The maximum atomic E-state index is 14.8. The standard InChI is InChI=1S/C38H48FN3O7SSi.C38H46FN3O7SSi/c2*1-22(2)51(23(3)4,24(5)6)49-36-33-32(37(43)42(38(33)44)21-27-13-16-29(47-8)19-31(27)48-9)35(41(7)50(10,45)46)30-18-26(20-40-34(30)36)17-25-11-14-28(39)15-12-25/h11-16,18-20,22-24,37,43H,17,21H2,1-10H3;11-16,18-20,22-24H,17,21H2,1-10H3. The number of nitrogens with zero attached hydrogens (tertiary/aromatic N) is 6. The van der Waals surface area contributed by atoms with Gasteiger partial charge in [0.05, 0.1) is 82.1 Å². The van der Waals surface area contributed by atoms with Gasteiger partial charge in [-0.15, -0.1) is 0 Å². The fourth-order valence-electron chi connectivity index (χ4n) is 15.1. The summed E-state index contributed by atoms with van der Waals surface area (Å²) in [5.74, 6) is -0.123. The molecular weight excluding hydrogens is 1380 g/mol. The van der Waals surface area contributed by atoms with Gasteiger partial charge in [0.25, 0.3) is 34.4 Å². The van der Waals surface area contributed by atoms with Crippen molar-refractivity contribution in [2.24, 2.45) is 0 Å². The van der Waals surface area contributed by atoms with Crippen LogP contribution < -0.4 is 36.4 Å². The highest BCUT2D eigenvalue weighted by molar-refractivity contribution is 7.92. The number of amides is 3. The van der Waals surface area contributed by atoms with Gasteiger partial charge in [-0.2, -0.15) is 0 Å². The van der Waals surface area contributed by atoms with Crippen molar-refractivity contribution in [2.75, 3.05) is 63.7 Å². The molecule has 3 amide bonds. The molecule has 4 heterocycles. The molecule has 0 saturated heterocycles. The maximum absolute atomic E-state index is 14.8. The van der Waals surface area contributed by atoms with Crippen LogP contribution in [0.5, 0.6) is 34.5 Å². The molecule has 10 rings (SSSR count). The molecule has 2 aliphatic rings. The van der Waals surface area contributed by atoms with Crippen LogP contribution in [0, 0.1) is 11.6 Å². The lowest BCUT2D eigenvalue weighted by Crippen LogP contribution is -2.51. The zero-order valence-electron chi connectivity index (χ0n) is 61.8. The molecule has 102 heavy (non-hydrogen) atoms. The molecule has 8 aromatic rings. The van der Waals surface area contributed by atoms with Crippen molar-refractivity contribution in [1.29, 1.82) is 0 Å². The summed E-state index contributed by atoms with van der Waals surface area (Å²) >= 11 is 0. The number of sulfonamides is 2. The highest BCUT2D eigenvalue weighted by Gasteiger charge is 2.53. The minimum atomic E-state index is -3.95. The highest BCUT2D eigenvalue weighted by atomic mass is 32.2. The molecule has 6 aromatic carbocycles. The zero-order chi connectivity index (χ0) is 75.2. The second kappa shape index (κ2) is 30.3. The number of fused-ring (bicyclic) bond motifs is 4. The summed E-state index contributed by atoms with van der Waals surface area (Å²) in [4.78, 5) is 56.3. The van der Waals surface area contributed by atoms with Gasteiger partial charge in [-0.1, -0.05) is 107 Å². The Bertz CT molecular complexity index is 4710. The van der Waals surface area contributed by atoms with Gasteiger partial charge < -0.3 is 37.8 Å². The fraction of sp³-hybridized carbons (Fsp3) is 0.408. The molecule has 2 aliphatic heterocycles. The second-order valence-corrected chi connectivity index (χ2v) is 42.9. The van der Waals surface area contributed by atoms with E-state index in [-0.39, 0.29) is 109 Å². The predicted molar refractivity (Wildman–Crippen MR) is 400 cm³/mol. The van der Waals surface area contributed by atoms with E-state index in [0.29, 0.717) is 68.8 Å². The number of carbonyl (C=O) groups is 3. The first-order valence-electron chi connectivity index (χ1n) is 33.9. The minimum Gasteiger partial charge on any atom is -0.541 e. The number of aromatic nitrogens is 2. The number of rotatable bonds is 26. The number of pyridine rings is 2. The molecule has 0 radical (unpaired) electrons. The van der Waals surface area contributed by atoms with Crippen molar-refractivity contribution in [1.82, 2.24) is 19.8 Å². The Hall–Kier alpha value is -8.70. The molecule has 1 atom stereocenters. The highest BCUT2D eigenvalue weighted by Crippen LogP contribution is 2.54. The van der Waals surface area contributed by atoms with Gasteiger partial charge >= 0.3 is 0 Å². The van der Waals surface area contributed by atoms with E-state index < -0.39 is 60.6 Å². The van der Waals surface area contributed by atoms with E-state index in [4.69, 9.17) is 37.8 Å². The smallest absolute Gasteiger partial charge is 0.265 e. The summed E-state index contributed by atoms with van der Waals surface area (Å²) in [5, 5.41) is 12.9. The Balaban J connectivity index is 0.000000237. The third-order valence-electron chi connectivity index (χ3n) is 20.1. The summed E-state index contributed by atoms with van der Waals surface area (Å²) < 4.78 is 119. The molecule has 546 valence electrons.